The molecule has 3 heterocycles. The van der Waals surface area contributed by atoms with E-state index < -0.39 is 0 Å². The number of hydrogen-bond acceptors (Lipinski definition) is 6. The smallest absolute Gasteiger partial charge is 0.258 e. The summed E-state index contributed by atoms with van der Waals surface area (Å²) in [6, 6.07) is 10.3. The molecule has 0 saturated heterocycles. The molecule has 1 unspecified atom stereocenters. The molecule has 1 N–H and O–H groups in total. The van der Waals surface area contributed by atoms with E-state index in [0.29, 0.717) is 30.0 Å². The van der Waals surface area contributed by atoms with Crippen LogP contribution < -0.4 is 5.32 Å². The Morgan fingerprint density at radius 2 is 2.06 bits per heavy atom. The van der Waals surface area contributed by atoms with Gasteiger partial charge in [0.05, 0.1) is 16.5 Å². The summed E-state index contributed by atoms with van der Waals surface area (Å²) in [6.45, 7) is 10.5. The number of benzene rings is 1. The number of nitrogens with zero attached hydrogens (tertiary/aromatic N) is 3. The third-order valence-electron chi connectivity index (χ3n) is 5.73. The lowest BCUT2D eigenvalue weighted by atomic mass is 9.92. The maximum Gasteiger partial charge on any atom is 0.258 e. The zero-order valence-corrected chi connectivity index (χ0v) is 20.5. The number of nitrogens with one attached hydrogen (secondary N) is 1. The fourth-order valence-corrected chi connectivity index (χ4v) is 4.82. The first-order valence-electron chi connectivity index (χ1n) is 10.8. The van der Waals surface area contributed by atoms with Crippen LogP contribution in [-0.2, 0) is 4.74 Å². The molecule has 8 heteroatoms. The zero-order chi connectivity index (χ0) is 22.7. The van der Waals surface area contributed by atoms with Gasteiger partial charge < -0.3 is 19.5 Å². The number of thiocarbonyl (C=S) groups is 1. The lowest BCUT2D eigenvalue weighted by Gasteiger charge is -2.37. The van der Waals surface area contributed by atoms with Gasteiger partial charge in [0.1, 0.15) is 0 Å². The standard InChI is InChI=1S/C24H28N4O2S2/c1-5-29-12-7-11-28-17(4)20(23-26-22(27-30-23)19-8-6-13-32-19)21(25-24(28)31)18-10-9-15(2)16(3)14-18/h6,8-10,13-14,21H,5,7,11-12H2,1-4H3,(H,25,31). The van der Waals surface area contributed by atoms with Crippen molar-refractivity contribution in [2.45, 2.75) is 40.2 Å². The summed E-state index contributed by atoms with van der Waals surface area (Å²) >= 11 is 7.36. The van der Waals surface area contributed by atoms with Gasteiger partial charge in [0.2, 0.25) is 5.82 Å². The number of hydrogen-bond donors (Lipinski definition) is 1. The molecule has 6 nitrogen and oxygen atoms in total. The molecule has 168 valence electrons. The fourth-order valence-electron chi connectivity index (χ4n) is 3.83. The van der Waals surface area contributed by atoms with E-state index in [0.717, 1.165) is 34.7 Å². The molecule has 32 heavy (non-hydrogen) atoms. The highest BCUT2D eigenvalue weighted by Gasteiger charge is 2.34. The van der Waals surface area contributed by atoms with Crippen LogP contribution in [0, 0.1) is 13.8 Å². The van der Waals surface area contributed by atoms with Crippen LogP contribution in [0.15, 0.2) is 45.9 Å². The molecule has 3 aromatic rings. The summed E-state index contributed by atoms with van der Waals surface area (Å²) in [5, 5.41) is 10.5. The molecule has 0 aliphatic carbocycles. The summed E-state index contributed by atoms with van der Waals surface area (Å²) < 4.78 is 11.3. The van der Waals surface area contributed by atoms with E-state index in [1.165, 1.54) is 11.1 Å². The van der Waals surface area contributed by atoms with Crippen LogP contribution in [0.3, 0.4) is 0 Å². The van der Waals surface area contributed by atoms with Crippen molar-refractivity contribution in [1.29, 1.82) is 0 Å². The van der Waals surface area contributed by atoms with E-state index in [2.05, 4.69) is 54.3 Å². The number of aromatic nitrogens is 2. The van der Waals surface area contributed by atoms with Crippen LogP contribution in [0.25, 0.3) is 16.3 Å². The first-order valence-corrected chi connectivity index (χ1v) is 12.1. The Morgan fingerprint density at radius 1 is 1.22 bits per heavy atom. The summed E-state index contributed by atoms with van der Waals surface area (Å²) in [5.74, 6) is 1.11. The van der Waals surface area contributed by atoms with Crippen molar-refractivity contribution in [3.05, 3.63) is 64.0 Å². The summed E-state index contributed by atoms with van der Waals surface area (Å²) in [4.78, 5) is 7.84. The van der Waals surface area contributed by atoms with Gasteiger partial charge in [0.25, 0.3) is 5.89 Å². The highest BCUT2D eigenvalue weighted by atomic mass is 32.1. The topological polar surface area (TPSA) is 63.4 Å². The van der Waals surface area contributed by atoms with Crippen LogP contribution >= 0.6 is 23.6 Å². The maximum absolute atomic E-state index is 5.78. The Kier molecular flexibility index (Phi) is 7.03. The van der Waals surface area contributed by atoms with Crippen molar-refractivity contribution in [2.24, 2.45) is 0 Å². The van der Waals surface area contributed by atoms with Crippen molar-refractivity contribution in [3.8, 4) is 10.7 Å². The van der Waals surface area contributed by atoms with Crippen LogP contribution in [0.5, 0.6) is 0 Å². The first kappa shape index (κ1) is 22.6. The average Bonchev–Trinajstić information content (AvgIpc) is 3.46. The molecule has 0 bridgehead atoms. The van der Waals surface area contributed by atoms with Gasteiger partial charge in [-0.3, -0.25) is 0 Å². The average molecular weight is 469 g/mol. The molecule has 1 aliphatic heterocycles. The predicted octanol–water partition coefficient (Wildman–Crippen LogP) is 5.50. The van der Waals surface area contributed by atoms with Gasteiger partial charge in [0, 0.05) is 25.5 Å². The molecule has 1 aromatic carbocycles. The zero-order valence-electron chi connectivity index (χ0n) is 18.8. The number of allylic oxidation sites excluding steroid dienone is 1. The van der Waals surface area contributed by atoms with Crippen LogP contribution in [0.1, 0.15) is 48.9 Å². The molecule has 0 fully saturated rings. The third-order valence-corrected chi connectivity index (χ3v) is 6.94. The Labute approximate surface area is 198 Å². The van der Waals surface area contributed by atoms with E-state index >= 15 is 0 Å². The normalized spacial score (nSPS) is 16.6. The van der Waals surface area contributed by atoms with Gasteiger partial charge in [-0.1, -0.05) is 29.4 Å². The maximum atomic E-state index is 5.78. The Hall–Kier alpha value is -2.55. The van der Waals surface area contributed by atoms with Crippen molar-refractivity contribution in [3.63, 3.8) is 0 Å². The SMILES string of the molecule is CCOCCCN1C(=S)NC(c2ccc(C)c(C)c2)C(c2nc(-c3cccs3)no2)=C1C. The van der Waals surface area contributed by atoms with Crippen molar-refractivity contribution in [2.75, 3.05) is 19.8 Å². The molecule has 1 atom stereocenters. The second kappa shape index (κ2) is 9.94. The molecular formula is C24H28N4O2S2. The Morgan fingerprint density at radius 3 is 2.78 bits per heavy atom. The molecule has 0 amide bonds. The highest BCUT2D eigenvalue weighted by molar-refractivity contribution is 7.80. The molecule has 4 rings (SSSR count). The largest absolute Gasteiger partial charge is 0.382 e. The Balaban J connectivity index is 1.75. The lowest BCUT2D eigenvalue weighted by molar-refractivity contribution is 0.141. The first-order chi connectivity index (χ1) is 15.5. The molecule has 1 aliphatic rings. The summed E-state index contributed by atoms with van der Waals surface area (Å²) in [7, 11) is 0. The van der Waals surface area contributed by atoms with E-state index in [-0.39, 0.29) is 6.04 Å². The number of ether oxygens (including phenoxy) is 1. The van der Waals surface area contributed by atoms with E-state index in [1.807, 2.05) is 24.4 Å². The van der Waals surface area contributed by atoms with Crippen molar-refractivity contribution >= 4 is 34.2 Å². The van der Waals surface area contributed by atoms with Crippen LogP contribution in [-0.4, -0.2) is 39.9 Å². The van der Waals surface area contributed by atoms with Gasteiger partial charge in [-0.05, 0) is 74.5 Å². The molecular weight excluding hydrogens is 440 g/mol. The van der Waals surface area contributed by atoms with E-state index in [4.69, 9.17) is 26.5 Å². The lowest BCUT2D eigenvalue weighted by Crippen LogP contribution is -2.46. The minimum absolute atomic E-state index is 0.165. The fraction of sp³-hybridized carbons (Fsp3) is 0.375. The van der Waals surface area contributed by atoms with Crippen LogP contribution in [0.2, 0.25) is 0 Å². The molecule has 0 saturated carbocycles. The van der Waals surface area contributed by atoms with Gasteiger partial charge in [-0.15, -0.1) is 11.3 Å². The van der Waals surface area contributed by atoms with Gasteiger partial charge >= 0.3 is 0 Å². The van der Waals surface area contributed by atoms with E-state index in [1.54, 1.807) is 11.3 Å². The van der Waals surface area contributed by atoms with Crippen molar-refractivity contribution in [1.82, 2.24) is 20.4 Å². The quantitative estimate of drug-likeness (QED) is 0.346. The molecule has 2 aromatic heterocycles. The molecule has 0 radical (unpaired) electrons. The van der Waals surface area contributed by atoms with Gasteiger partial charge in [-0.25, -0.2) is 0 Å². The minimum Gasteiger partial charge on any atom is -0.382 e. The number of thiophene rings is 1. The third kappa shape index (κ3) is 4.62. The minimum atomic E-state index is -0.165. The van der Waals surface area contributed by atoms with E-state index in [9.17, 15) is 0 Å². The molecule has 0 spiro atoms. The monoisotopic (exact) mass is 468 g/mol. The summed E-state index contributed by atoms with van der Waals surface area (Å²) in [6.07, 6.45) is 0.874. The van der Waals surface area contributed by atoms with Gasteiger partial charge in [-0.2, -0.15) is 4.98 Å². The summed E-state index contributed by atoms with van der Waals surface area (Å²) in [5.41, 5.74) is 5.58. The highest BCUT2D eigenvalue weighted by Crippen LogP contribution is 2.38. The van der Waals surface area contributed by atoms with Gasteiger partial charge in [0.15, 0.2) is 5.11 Å². The predicted molar refractivity (Wildman–Crippen MR) is 132 cm³/mol. The number of aryl methyl sites for hydroxylation is 2. The van der Waals surface area contributed by atoms with Crippen molar-refractivity contribution < 1.29 is 9.26 Å². The number of rotatable bonds is 8. The second-order valence-corrected chi connectivity index (χ2v) is 9.16. The Bertz CT molecular complexity index is 1120. The van der Waals surface area contributed by atoms with Crippen LogP contribution in [0.4, 0.5) is 0 Å². The second-order valence-electron chi connectivity index (χ2n) is 7.83.